The van der Waals surface area contributed by atoms with Crippen LogP contribution >= 0.6 is 0 Å². The number of fused-ring (bicyclic) bond motifs is 1. The number of ether oxygens (including phenoxy) is 1. The van der Waals surface area contributed by atoms with E-state index in [0.717, 1.165) is 10.8 Å². The fourth-order valence-corrected chi connectivity index (χ4v) is 3.60. The topological polar surface area (TPSA) is 97.6 Å². The van der Waals surface area contributed by atoms with Crippen LogP contribution in [-0.2, 0) is 16.1 Å². The molecule has 156 valence electrons. The summed E-state index contributed by atoms with van der Waals surface area (Å²) in [5, 5.41) is 8.73. The van der Waals surface area contributed by atoms with Crippen LogP contribution < -0.4 is 10.1 Å². The van der Waals surface area contributed by atoms with Crippen LogP contribution in [0.15, 0.2) is 47.0 Å². The van der Waals surface area contributed by atoms with Crippen LogP contribution in [-0.4, -0.2) is 46.6 Å². The number of hydrogen-bond donors (Lipinski definition) is 1. The van der Waals surface area contributed by atoms with Crippen molar-refractivity contribution in [1.29, 1.82) is 0 Å². The minimum absolute atomic E-state index is 0.00822. The van der Waals surface area contributed by atoms with Crippen LogP contribution in [0.1, 0.15) is 24.6 Å². The van der Waals surface area contributed by atoms with Gasteiger partial charge in [0.15, 0.2) is 12.4 Å². The third kappa shape index (κ3) is 4.76. The van der Waals surface area contributed by atoms with E-state index in [1.807, 2.05) is 42.5 Å². The number of carbonyl (C=O) groups excluding carboxylic acids is 2. The first-order chi connectivity index (χ1) is 14.6. The largest absolute Gasteiger partial charge is 0.484 e. The maximum atomic E-state index is 12.5. The number of piperidine rings is 1. The lowest BCUT2D eigenvalue weighted by Crippen LogP contribution is -2.44. The van der Waals surface area contributed by atoms with Gasteiger partial charge in [-0.05, 0) is 42.7 Å². The molecule has 0 aliphatic carbocycles. The van der Waals surface area contributed by atoms with Crippen molar-refractivity contribution in [1.82, 2.24) is 20.4 Å². The molecule has 0 radical (unpaired) electrons. The molecule has 0 spiro atoms. The van der Waals surface area contributed by atoms with Crippen LogP contribution in [0, 0.1) is 12.8 Å². The fourth-order valence-electron chi connectivity index (χ4n) is 3.60. The molecule has 30 heavy (non-hydrogen) atoms. The van der Waals surface area contributed by atoms with Gasteiger partial charge in [0, 0.05) is 19.0 Å². The van der Waals surface area contributed by atoms with Gasteiger partial charge < -0.3 is 19.5 Å². The van der Waals surface area contributed by atoms with Crippen molar-refractivity contribution >= 4 is 22.6 Å². The summed E-state index contributed by atoms with van der Waals surface area (Å²) in [7, 11) is 0. The molecule has 3 aromatic rings. The maximum absolute atomic E-state index is 12.5. The zero-order valence-electron chi connectivity index (χ0n) is 16.8. The second kappa shape index (κ2) is 8.94. The lowest BCUT2D eigenvalue weighted by Gasteiger charge is -2.31. The number of nitrogens with zero attached hydrogens (tertiary/aromatic N) is 3. The van der Waals surface area contributed by atoms with Gasteiger partial charge in [-0.25, -0.2) is 0 Å². The molecule has 1 aliphatic heterocycles. The normalized spacial score (nSPS) is 14.6. The average molecular weight is 408 g/mol. The van der Waals surface area contributed by atoms with Crippen molar-refractivity contribution in [2.45, 2.75) is 26.3 Å². The number of carbonyl (C=O) groups is 2. The highest BCUT2D eigenvalue weighted by Gasteiger charge is 2.27. The van der Waals surface area contributed by atoms with Gasteiger partial charge >= 0.3 is 0 Å². The van der Waals surface area contributed by atoms with E-state index < -0.39 is 0 Å². The number of rotatable bonds is 6. The van der Waals surface area contributed by atoms with E-state index in [-0.39, 0.29) is 30.9 Å². The highest BCUT2D eigenvalue weighted by atomic mass is 16.5. The van der Waals surface area contributed by atoms with Gasteiger partial charge in [-0.1, -0.05) is 35.5 Å². The van der Waals surface area contributed by atoms with Gasteiger partial charge in [-0.2, -0.15) is 4.98 Å². The van der Waals surface area contributed by atoms with E-state index in [1.165, 1.54) is 0 Å². The molecule has 0 bridgehead atoms. The zero-order valence-corrected chi connectivity index (χ0v) is 16.8. The smallest absolute Gasteiger partial charge is 0.260 e. The van der Waals surface area contributed by atoms with E-state index in [9.17, 15) is 9.59 Å². The first-order valence-corrected chi connectivity index (χ1v) is 10.0. The van der Waals surface area contributed by atoms with Crippen molar-refractivity contribution in [3.63, 3.8) is 0 Å². The fraction of sp³-hybridized carbons (Fsp3) is 0.364. The van der Waals surface area contributed by atoms with Crippen LogP contribution in [0.2, 0.25) is 0 Å². The van der Waals surface area contributed by atoms with Crippen LogP contribution in [0.25, 0.3) is 10.8 Å². The Morgan fingerprint density at radius 3 is 2.67 bits per heavy atom. The van der Waals surface area contributed by atoms with Crippen LogP contribution in [0.5, 0.6) is 5.75 Å². The molecule has 1 aliphatic rings. The molecule has 2 aromatic carbocycles. The van der Waals surface area contributed by atoms with Crippen LogP contribution in [0.4, 0.5) is 0 Å². The third-order valence-corrected chi connectivity index (χ3v) is 5.29. The minimum Gasteiger partial charge on any atom is -0.484 e. The lowest BCUT2D eigenvalue weighted by atomic mass is 9.96. The van der Waals surface area contributed by atoms with E-state index in [0.29, 0.717) is 43.4 Å². The molecule has 4 rings (SSSR count). The number of amides is 2. The number of aryl methyl sites for hydroxylation is 1. The molecule has 2 heterocycles. The molecule has 0 saturated carbocycles. The number of aromatic nitrogens is 2. The second-order valence-electron chi connectivity index (χ2n) is 7.41. The Morgan fingerprint density at radius 2 is 1.93 bits per heavy atom. The molecule has 8 heteroatoms. The molecule has 1 N–H and O–H groups in total. The predicted octanol–water partition coefficient (Wildman–Crippen LogP) is 2.47. The summed E-state index contributed by atoms with van der Waals surface area (Å²) < 4.78 is 10.7. The average Bonchev–Trinajstić information content (AvgIpc) is 3.21. The van der Waals surface area contributed by atoms with Gasteiger partial charge in [0.05, 0.1) is 6.54 Å². The molecule has 1 fully saturated rings. The van der Waals surface area contributed by atoms with Crippen LogP contribution in [0.3, 0.4) is 0 Å². The van der Waals surface area contributed by atoms with E-state index in [4.69, 9.17) is 9.26 Å². The molecular weight excluding hydrogens is 384 g/mol. The molecule has 1 aromatic heterocycles. The molecular formula is C22H24N4O4. The highest BCUT2D eigenvalue weighted by Crippen LogP contribution is 2.21. The van der Waals surface area contributed by atoms with E-state index in [2.05, 4.69) is 15.5 Å². The summed E-state index contributed by atoms with van der Waals surface area (Å²) in [6, 6.07) is 13.8. The van der Waals surface area contributed by atoms with Crippen molar-refractivity contribution in [3.8, 4) is 5.75 Å². The molecule has 0 unspecified atom stereocenters. The van der Waals surface area contributed by atoms with Gasteiger partial charge in [0.2, 0.25) is 11.8 Å². The Hall–Kier alpha value is -3.42. The van der Waals surface area contributed by atoms with Crippen molar-refractivity contribution in [2.75, 3.05) is 19.7 Å². The lowest BCUT2D eigenvalue weighted by molar-refractivity contribution is -0.137. The summed E-state index contributed by atoms with van der Waals surface area (Å²) in [5.41, 5.74) is 0. The van der Waals surface area contributed by atoms with Gasteiger partial charge in [-0.15, -0.1) is 0 Å². The first kappa shape index (κ1) is 19.9. The Balaban J connectivity index is 1.22. The molecule has 2 amide bonds. The van der Waals surface area contributed by atoms with Crippen molar-refractivity contribution in [3.05, 3.63) is 54.2 Å². The summed E-state index contributed by atoms with van der Waals surface area (Å²) in [6.07, 6.45) is 1.24. The first-order valence-electron chi connectivity index (χ1n) is 10.0. The zero-order chi connectivity index (χ0) is 20.9. The predicted molar refractivity (Wildman–Crippen MR) is 110 cm³/mol. The maximum Gasteiger partial charge on any atom is 0.260 e. The number of hydrogen-bond acceptors (Lipinski definition) is 6. The van der Waals surface area contributed by atoms with Gasteiger partial charge in [0.25, 0.3) is 5.91 Å². The summed E-state index contributed by atoms with van der Waals surface area (Å²) in [4.78, 5) is 30.7. The number of nitrogens with one attached hydrogen (secondary N) is 1. The quantitative estimate of drug-likeness (QED) is 0.673. The number of likely N-dealkylation sites (tertiary alicyclic amines) is 1. The summed E-state index contributed by atoms with van der Waals surface area (Å²) in [6.45, 7) is 3.02. The third-order valence-electron chi connectivity index (χ3n) is 5.29. The Kier molecular flexibility index (Phi) is 5.92. The van der Waals surface area contributed by atoms with E-state index >= 15 is 0 Å². The number of benzene rings is 2. The van der Waals surface area contributed by atoms with Gasteiger partial charge in [-0.3, -0.25) is 9.59 Å². The summed E-state index contributed by atoms with van der Waals surface area (Å²) in [5.74, 6) is 1.36. The minimum atomic E-state index is -0.125. The van der Waals surface area contributed by atoms with Gasteiger partial charge in [0.1, 0.15) is 5.75 Å². The van der Waals surface area contributed by atoms with Crippen molar-refractivity contribution < 1.29 is 18.8 Å². The molecule has 1 saturated heterocycles. The Labute approximate surface area is 174 Å². The SMILES string of the molecule is Cc1noc(CNC(=O)C2CCN(C(=O)COc3ccc4ccccc4c3)CC2)n1. The monoisotopic (exact) mass is 408 g/mol. The molecule has 0 atom stereocenters. The Morgan fingerprint density at radius 1 is 1.17 bits per heavy atom. The Bertz CT molecular complexity index is 1040. The summed E-state index contributed by atoms with van der Waals surface area (Å²) >= 11 is 0. The van der Waals surface area contributed by atoms with E-state index in [1.54, 1.807) is 11.8 Å². The molecule has 8 nitrogen and oxygen atoms in total. The second-order valence-corrected chi connectivity index (χ2v) is 7.41. The van der Waals surface area contributed by atoms with Crippen molar-refractivity contribution in [2.24, 2.45) is 5.92 Å². The highest BCUT2D eigenvalue weighted by molar-refractivity contribution is 5.84. The standard InChI is InChI=1S/C22H24N4O4/c1-15-24-20(30-25-15)13-23-22(28)17-8-10-26(11-9-17)21(27)14-29-19-7-6-16-4-2-3-5-18(16)12-19/h2-7,12,17H,8-11,13-14H2,1H3,(H,23,28).